The number of hydrogen-bond donors (Lipinski definition) is 1. The van der Waals surface area contributed by atoms with Crippen LogP contribution in [0.1, 0.15) is 23.1 Å². The predicted octanol–water partition coefficient (Wildman–Crippen LogP) is 2.89. The summed E-state index contributed by atoms with van der Waals surface area (Å²) in [6.07, 6.45) is 1.66. The number of carbonyl (C=O) groups excluding carboxylic acids is 1. The van der Waals surface area contributed by atoms with Crippen molar-refractivity contribution in [2.75, 3.05) is 0 Å². The third-order valence-corrected chi connectivity index (χ3v) is 4.60. The summed E-state index contributed by atoms with van der Waals surface area (Å²) in [6, 6.07) is 14.4. The lowest BCUT2D eigenvalue weighted by Gasteiger charge is -2.09. The van der Waals surface area contributed by atoms with Crippen molar-refractivity contribution in [2.24, 2.45) is 0 Å². The highest BCUT2D eigenvalue weighted by Gasteiger charge is 2.12. The summed E-state index contributed by atoms with van der Waals surface area (Å²) in [7, 11) is 0. The SMILES string of the molecule is CC(=O)c1ccc(-n2c(Cn3ncc4ccccc4c3=O)n[nH]c2=S)cc1. The largest absolute Gasteiger partial charge is 0.295 e. The second-order valence-corrected chi connectivity index (χ2v) is 6.46. The number of aromatic nitrogens is 5. The second-order valence-electron chi connectivity index (χ2n) is 6.08. The zero-order chi connectivity index (χ0) is 19.0. The third kappa shape index (κ3) is 3.11. The van der Waals surface area contributed by atoms with Gasteiger partial charge in [0.25, 0.3) is 5.56 Å². The van der Waals surface area contributed by atoms with E-state index in [1.54, 1.807) is 41.1 Å². The number of hydrogen-bond acceptors (Lipinski definition) is 5. The van der Waals surface area contributed by atoms with E-state index in [0.29, 0.717) is 21.5 Å². The van der Waals surface area contributed by atoms with Gasteiger partial charge in [-0.1, -0.05) is 18.2 Å². The highest BCUT2D eigenvalue weighted by Crippen LogP contribution is 2.14. The van der Waals surface area contributed by atoms with E-state index < -0.39 is 0 Å². The predicted molar refractivity (Wildman–Crippen MR) is 104 cm³/mol. The number of aromatic amines is 1. The van der Waals surface area contributed by atoms with E-state index in [4.69, 9.17) is 12.2 Å². The summed E-state index contributed by atoms with van der Waals surface area (Å²) in [6.45, 7) is 1.67. The fourth-order valence-electron chi connectivity index (χ4n) is 2.92. The Morgan fingerprint density at radius 3 is 2.63 bits per heavy atom. The van der Waals surface area contributed by atoms with Crippen LogP contribution >= 0.6 is 12.2 Å². The molecule has 0 saturated carbocycles. The molecule has 27 heavy (non-hydrogen) atoms. The first-order valence-corrected chi connectivity index (χ1v) is 8.68. The molecule has 0 radical (unpaired) electrons. The van der Waals surface area contributed by atoms with Gasteiger partial charge in [0.2, 0.25) is 0 Å². The lowest BCUT2D eigenvalue weighted by molar-refractivity contribution is 0.101. The van der Waals surface area contributed by atoms with Crippen LogP contribution < -0.4 is 5.56 Å². The van der Waals surface area contributed by atoms with Crippen molar-refractivity contribution in [1.82, 2.24) is 24.5 Å². The van der Waals surface area contributed by atoms with E-state index in [2.05, 4.69) is 15.3 Å². The first-order chi connectivity index (χ1) is 13.0. The van der Waals surface area contributed by atoms with E-state index in [1.807, 2.05) is 18.2 Å². The van der Waals surface area contributed by atoms with Crippen LogP contribution in [0.3, 0.4) is 0 Å². The molecule has 4 rings (SSSR count). The van der Waals surface area contributed by atoms with Crippen LogP contribution in [0.2, 0.25) is 0 Å². The number of H-pyrrole nitrogens is 1. The van der Waals surface area contributed by atoms with Gasteiger partial charge >= 0.3 is 0 Å². The molecule has 0 bridgehead atoms. The zero-order valence-electron chi connectivity index (χ0n) is 14.4. The van der Waals surface area contributed by atoms with Gasteiger partial charge in [-0.3, -0.25) is 19.3 Å². The summed E-state index contributed by atoms with van der Waals surface area (Å²) < 4.78 is 3.48. The molecule has 0 atom stereocenters. The van der Waals surface area contributed by atoms with Gasteiger partial charge in [0, 0.05) is 16.6 Å². The van der Waals surface area contributed by atoms with E-state index in [1.165, 1.54) is 11.6 Å². The van der Waals surface area contributed by atoms with Gasteiger partial charge in [-0.2, -0.15) is 10.2 Å². The van der Waals surface area contributed by atoms with E-state index in [9.17, 15) is 9.59 Å². The molecule has 4 aromatic rings. The number of nitrogens with one attached hydrogen (secondary N) is 1. The Kier molecular flexibility index (Phi) is 4.25. The molecule has 0 aliphatic carbocycles. The van der Waals surface area contributed by atoms with Crippen molar-refractivity contribution in [3.05, 3.63) is 81.2 Å². The Morgan fingerprint density at radius 1 is 1.15 bits per heavy atom. The Balaban J connectivity index is 1.76. The quantitative estimate of drug-likeness (QED) is 0.437. The van der Waals surface area contributed by atoms with E-state index in [-0.39, 0.29) is 17.9 Å². The normalized spacial score (nSPS) is 11.0. The maximum absolute atomic E-state index is 12.7. The van der Waals surface area contributed by atoms with Crippen molar-refractivity contribution in [2.45, 2.75) is 13.5 Å². The molecule has 0 fully saturated rings. The summed E-state index contributed by atoms with van der Waals surface area (Å²) in [5.74, 6) is 0.532. The first-order valence-electron chi connectivity index (χ1n) is 8.27. The zero-order valence-corrected chi connectivity index (χ0v) is 15.2. The van der Waals surface area contributed by atoms with Crippen LogP contribution in [0, 0.1) is 4.77 Å². The summed E-state index contributed by atoms with van der Waals surface area (Å²) in [5, 5.41) is 12.6. The minimum atomic E-state index is -0.194. The van der Waals surface area contributed by atoms with Gasteiger partial charge in [-0.05, 0) is 49.5 Å². The van der Waals surface area contributed by atoms with Crippen molar-refractivity contribution in [1.29, 1.82) is 0 Å². The van der Waals surface area contributed by atoms with Gasteiger partial charge in [0.05, 0.1) is 11.6 Å². The molecule has 0 aliphatic heterocycles. The average Bonchev–Trinajstić information content (AvgIpc) is 3.04. The molecule has 7 nitrogen and oxygen atoms in total. The molecule has 2 aromatic carbocycles. The topological polar surface area (TPSA) is 85.6 Å². The van der Waals surface area contributed by atoms with Crippen LogP contribution in [0.25, 0.3) is 16.5 Å². The van der Waals surface area contributed by atoms with Crippen LogP contribution in [0.5, 0.6) is 0 Å². The highest BCUT2D eigenvalue weighted by atomic mass is 32.1. The molecule has 2 heterocycles. The van der Waals surface area contributed by atoms with Crippen LogP contribution in [-0.2, 0) is 6.54 Å². The number of carbonyl (C=O) groups is 1. The Labute approximate surface area is 158 Å². The molecule has 0 spiro atoms. The minimum Gasteiger partial charge on any atom is -0.295 e. The first kappa shape index (κ1) is 17.0. The standard InChI is InChI=1S/C19H15N5O2S/c1-12(25)13-6-8-15(9-7-13)24-17(21-22-19(24)27)11-23-18(26)16-5-3-2-4-14(16)10-20-23/h2-10H,11H2,1H3,(H,22,27). The van der Waals surface area contributed by atoms with Crippen LogP contribution in [0.15, 0.2) is 59.5 Å². The Bertz CT molecular complexity index is 1270. The van der Waals surface area contributed by atoms with Gasteiger partial charge in [0.1, 0.15) is 6.54 Å². The molecule has 0 amide bonds. The molecule has 1 N–H and O–H groups in total. The number of nitrogens with zero attached hydrogens (tertiary/aromatic N) is 4. The average molecular weight is 377 g/mol. The van der Waals surface area contributed by atoms with Crippen LogP contribution in [-0.4, -0.2) is 30.3 Å². The van der Waals surface area contributed by atoms with Gasteiger partial charge in [-0.25, -0.2) is 4.68 Å². The van der Waals surface area contributed by atoms with Gasteiger partial charge in [-0.15, -0.1) is 0 Å². The number of rotatable bonds is 4. The van der Waals surface area contributed by atoms with E-state index >= 15 is 0 Å². The summed E-state index contributed by atoms with van der Waals surface area (Å²) in [4.78, 5) is 24.2. The highest BCUT2D eigenvalue weighted by molar-refractivity contribution is 7.71. The Morgan fingerprint density at radius 2 is 1.89 bits per heavy atom. The molecule has 8 heteroatoms. The molecule has 0 aliphatic rings. The summed E-state index contributed by atoms with van der Waals surface area (Å²) in [5.41, 5.74) is 1.17. The van der Waals surface area contributed by atoms with Crippen molar-refractivity contribution in [3.8, 4) is 5.69 Å². The maximum atomic E-state index is 12.7. The molecule has 134 valence electrons. The number of Topliss-reactive ketones (excluding diaryl/α,β-unsaturated/α-hetero) is 1. The second kappa shape index (κ2) is 6.73. The lowest BCUT2D eigenvalue weighted by Crippen LogP contribution is -2.24. The van der Waals surface area contributed by atoms with Crippen molar-refractivity contribution in [3.63, 3.8) is 0 Å². The van der Waals surface area contributed by atoms with Crippen molar-refractivity contribution < 1.29 is 4.79 Å². The fourth-order valence-corrected chi connectivity index (χ4v) is 3.18. The third-order valence-electron chi connectivity index (χ3n) is 4.33. The maximum Gasteiger partial charge on any atom is 0.275 e. The Hall–Kier alpha value is -3.39. The molecular formula is C19H15N5O2S. The van der Waals surface area contributed by atoms with Crippen LogP contribution in [0.4, 0.5) is 0 Å². The lowest BCUT2D eigenvalue weighted by atomic mass is 10.1. The fraction of sp³-hybridized carbons (Fsp3) is 0.105. The number of fused-ring (bicyclic) bond motifs is 1. The van der Waals surface area contributed by atoms with Gasteiger partial charge < -0.3 is 0 Å². The number of ketones is 1. The van der Waals surface area contributed by atoms with Crippen molar-refractivity contribution >= 4 is 28.8 Å². The molecular weight excluding hydrogens is 362 g/mol. The molecule has 0 saturated heterocycles. The summed E-state index contributed by atoms with van der Waals surface area (Å²) >= 11 is 5.34. The smallest absolute Gasteiger partial charge is 0.275 e. The molecule has 2 aromatic heterocycles. The molecule has 0 unspecified atom stereocenters. The minimum absolute atomic E-state index is 0.00974. The van der Waals surface area contributed by atoms with Gasteiger partial charge in [0.15, 0.2) is 16.4 Å². The monoisotopic (exact) mass is 377 g/mol. The number of benzene rings is 2. The van der Waals surface area contributed by atoms with E-state index in [0.717, 1.165) is 11.1 Å².